The first-order valence-corrected chi connectivity index (χ1v) is 7.09. The lowest BCUT2D eigenvalue weighted by atomic mass is 10.2. The molecule has 18 heavy (non-hydrogen) atoms. The second kappa shape index (κ2) is 7.38. The zero-order valence-corrected chi connectivity index (χ0v) is 11.8. The molecular weight excluding hydrogens is 276 g/mol. The summed E-state index contributed by atoms with van der Waals surface area (Å²) < 4.78 is 0. The number of halogens is 1. The monoisotopic (exact) mass is 290 g/mol. The van der Waals surface area contributed by atoms with E-state index >= 15 is 0 Å². The fraction of sp³-hybridized carbons (Fsp3) is 0.600. The van der Waals surface area contributed by atoms with Crippen LogP contribution in [0, 0.1) is 10.1 Å². The summed E-state index contributed by atoms with van der Waals surface area (Å²) in [6, 6.07) is 0.0914. The summed E-state index contributed by atoms with van der Waals surface area (Å²) in [5.74, 6) is 2.23. The van der Waals surface area contributed by atoms with Crippen LogP contribution in [0.1, 0.15) is 20.3 Å². The molecule has 0 radical (unpaired) electrons. The van der Waals surface area contributed by atoms with Crippen LogP contribution in [-0.2, 0) is 0 Å². The van der Waals surface area contributed by atoms with Gasteiger partial charge < -0.3 is 5.32 Å². The highest BCUT2D eigenvalue weighted by Crippen LogP contribution is 2.23. The maximum absolute atomic E-state index is 10.8. The van der Waals surface area contributed by atoms with Crippen molar-refractivity contribution in [3.63, 3.8) is 0 Å². The van der Waals surface area contributed by atoms with Gasteiger partial charge in [-0.3, -0.25) is 10.1 Å². The molecule has 0 aliphatic heterocycles. The number of hydrogen-bond donors (Lipinski definition) is 1. The highest BCUT2D eigenvalue weighted by molar-refractivity contribution is 7.99. The molecule has 100 valence electrons. The highest BCUT2D eigenvalue weighted by Gasteiger charge is 2.18. The highest BCUT2D eigenvalue weighted by atomic mass is 35.5. The van der Waals surface area contributed by atoms with E-state index in [1.54, 1.807) is 0 Å². The van der Waals surface area contributed by atoms with Crippen molar-refractivity contribution in [1.29, 1.82) is 0 Å². The lowest BCUT2D eigenvalue weighted by Crippen LogP contribution is -2.18. The molecule has 0 saturated carbocycles. The Hall–Kier alpha value is -1.08. The van der Waals surface area contributed by atoms with Crippen molar-refractivity contribution in [2.45, 2.75) is 26.3 Å². The molecule has 0 aromatic carbocycles. The summed E-state index contributed by atoms with van der Waals surface area (Å²) >= 11 is 7.47. The van der Waals surface area contributed by atoms with Gasteiger partial charge >= 0.3 is 5.69 Å². The van der Waals surface area contributed by atoms with Gasteiger partial charge in [-0.25, -0.2) is 4.98 Å². The van der Waals surface area contributed by atoms with Crippen LogP contribution < -0.4 is 5.32 Å². The molecule has 0 fully saturated rings. The van der Waals surface area contributed by atoms with Gasteiger partial charge in [0.1, 0.15) is 6.20 Å². The molecule has 1 atom stereocenters. The molecule has 0 bridgehead atoms. The summed E-state index contributed by atoms with van der Waals surface area (Å²) in [4.78, 5) is 17.8. The first kappa shape index (κ1) is 15.0. The van der Waals surface area contributed by atoms with Crippen molar-refractivity contribution in [3.05, 3.63) is 21.6 Å². The van der Waals surface area contributed by atoms with Crippen LogP contribution >= 0.6 is 23.4 Å². The Morgan fingerprint density at radius 2 is 2.39 bits per heavy atom. The SMILES string of the molecule is CCSCCC(C)Nc1nc(Cl)ncc1[N+](=O)[O-]. The molecule has 0 spiro atoms. The second-order valence-corrected chi connectivity index (χ2v) is 5.39. The zero-order chi connectivity index (χ0) is 13.5. The zero-order valence-electron chi connectivity index (χ0n) is 10.2. The number of nitro groups is 1. The van der Waals surface area contributed by atoms with Crippen LogP contribution in [-0.4, -0.2) is 32.4 Å². The summed E-state index contributed by atoms with van der Waals surface area (Å²) in [6.07, 6.45) is 2.02. The quantitative estimate of drug-likeness (QED) is 0.360. The molecule has 1 unspecified atom stereocenters. The first-order valence-electron chi connectivity index (χ1n) is 5.55. The predicted molar refractivity (Wildman–Crippen MR) is 74.4 cm³/mol. The maximum Gasteiger partial charge on any atom is 0.329 e. The van der Waals surface area contributed by atoms with Gasteiger partial charge in [0, 0.05) is 6.04 Å². The summed E-state index contributed by atoms with van der Waals surface area (Å²) in [7, 11) is 0. The molecular formula is C10H15ClN4O2S. The number of hydrogen-bond acceptors (Lipinski definition) is 6. The molecule has 0 aliphatic carbocycles. The van der Waals surface area contributed by atoms with E-state index in [4.69, 9.17) is 11.6 Å². The predicted octanol–water partition coefficient (Wildman–Crippen LogP) is 2.98. The van der Waals surface area contributed by atoms with Crippen molar-refractivity contribution < 1.29 is 4.92 Å². The normalized spacial score (nSPS) is 12.2. The Labute approximate surface area is 115 Å². The van der Waals surface area contributed by atoms with E-state index in [1.165, 1.54) is 0 Å². The van der Waals surface area contributed by atoms with Gasteiger partial charge in [0.2, 0.25) is 11.1 Å². The molecule has 1 rings (SSSR count). The van der Waals surface area contributed by atoms with Crippen molar-refractivity contribution in [1.82, 2.24) is 9.97 Å². The fourth-order valence-corrected chi connectivity index (χ4v) is 2.25. The number of nitrogens with zero attached hydrogens (tertiary/aromatic N) is 3. The van der Waals surface area contributed by atoms with Gasteiger partial charge in [0.15, 0.2) is 0 Å². The first-order chi connectivity index (χ1) is 8.54. The Morgan fingerprint density at radius 3 is 3.00 bits per heavy atom. The van der Waals surface area contributed by atoms with Gasteiger partial charge in [-0.1, -0.05) is 6.92 Å². The molecule has 0 aliphatic rings. The molecule has 1 heterocycles. The second-order valence-electron chi connectivity index (χ2n) is 3.66. The van der Waals surface area contributed by atoms with E-state index in [0.29, 0.717) is 0 Å². The third kappa shape index (κ3) is 4.66. The van der Waals surface area contributed by atoms with Crippen molar-refractivity contribution >= 4 is 34.9 Å². The molecule has 1 N–H and O–H groups in total. The van der Waals surface area contributed by atoms with Gasteiger partial charge in [-0.15, -0.1) is 0 Å². The van der Waals surface area contributed by atoms with Crippen LogP contribution in [0.2, 0.25) is 5.28 Å². The number of anilines is 1. The van der Waals surface area contributed by atoms with Gasteiger partial charge in [0.05, 0.1) is 4.92 Å². The minimum atomic E-state index is -0.522. The van der Waals surface area contributed by atoms with E-state index in [2.05, 4.69) is 22.2 Å². The van der Waals surface area contributed by atoms with Crippen LogP contribution in [0.5, 0.6) is 0 Å². The fourth-order valence-electron chi connectivity index (χ4n) is 1.30. The topological polar surface area (TPSA) is 81.0 Å². The molecule has 0 amide bonds. The van der Waals surface area contributed by atoms with Gasteiger partial charge in [-0.05, 0) is 36.5 Å². The third-order valence-electron chi connectivity index (χ3n) is 2.22. The summed E-state index contributed by atoms with van der Waals surface area (Å²) in [5.41, 5.74) is -0.158. The lowest BCUT2D eigenvalue weighted by Gasteiger charge is -2.13. The Balaban J connectivity index is 2.70. The van der Waals surface area contributed by atoms with E-state index in [0.717, 1.165) is 24.1 Å². The molecule has 6 nitrogen and oxygen atoms in total. The molecule has 1 aromatic rings. The Kier molecular flexibility index (Phi) is 6.14. The third-order valence-corrected chi connectivity index (χ3v) is 3.33. The van der Waals surface area contributed by atoms with E-state index < -0.39 is 4.92 Å². The Bertz CT molecular complexity index is 419. The average molecular weight is 291 g/mol. The van der Waals surface area contributed by atoms with Crippen LogP contribution in [0.25, 0.3) is 0 Å². The molecule has 1 aromatic heterocycles. The average Bonchev–Trinajstić information content (AvgIpc) is 2.29. The van der Waals surface area contributed by atoms with Crippen molar-refractivity contribution in [3.8, 4) is 0 Å². The Morgan fingerprint density at radius 1 is 1.67 bits per heavy atom. The summed E-state index contributed by atoms with van der Waals surface area (Å²) in [6.45, 7) is 4.05. The van der Waals surface area contributed by atoms with Gasteiger partial charge in [0.25, 0.3) is 0 Å². The van der Waals surface area contributed by atoms with Gasteiger partial charge in [-0.2, -0.15) is 16.7 Å². The maximum atomic E-state index is 10.8. The molecule has 0 saturated heterocycles. The number of nitrogens with one attached hydrogen (secondary N) is 1. The number of rotatable bonds is 7. The van der Waals surface area contributed by atoms with Crippen LogP contribution in [0.15, 0.2) is 6.20 Å². The standard InChI is InChI=1S/C10H15ClN4O2S/c1-3-18-5-4-7(2)13-9-8(15(16)17)6-12-10(11)14-9/h6-7H,3-5H2,1-2H3,(H,12,13,14). The van der Waals surface area contributed by atoms with Crippen molar-refractivity contribution in [2.24, 2.45) is 0 Å². The lowest BCUT2D eigenvalue weighted by molar-refractivity contribution is -0.384. The van der Waals surface area contributed by atoms with Crippen LogP contribution in [0.3, 0.4) is 0 Å². The van der Waals surface area contributed by atoms with E-state index in [-0.39, 0.29) is 22.8 Å². The number of thioether (sulfide) groups is 1. The minimum Gasteiger partial charge on any atom is -0.362 e. The smallest absolute Gasteiger partial charge is 0.329 e. The number of aromatic nitrogens is 2. The largest absolute Gasteiger partial charge is 0.362 e. The summed E-state index contributed by atoms with van der Waals surface area (Å²) in [5, 5.41) is 13.8. The minimum absolute atomic E-state index is 0.00164. The van der Waals surface area contributed by atoms with E-state index in [9.17, 15) is 10.1 Å². The van der Waals surface area contributed by atoms with Crippen molar-refractivity contribution in [2.75, 3.05) is 16.8 Å². The van der Waals surface area contributed by atoms with E-state index in [1.807, 2.05) is 18.7 Å². The molecule has 8 heteroatoms. The van der Waals surface area contributed by atoms with Crippen LogP contribution in [0.4, 0.5) is 11.5 Å².